The van der Waals surface area contributed by atoms with Crippen molar-refractivity contribution in [3.63, 3.8) is 0 Å². The number of ether oxygens (including phenoxy) is 1. The molecule has 2 rings (SSSR count). The molecule has 3 N–H and O–H groups in total. The van der Waals surface area contributed by atoms with Crippen molar-refractivity contribution in [3.8, 4) is 0 Å². The van der Waals surface area contributed by atoms with E-state index >= 15 is 0 Å². The summed E-state index contributed by atoms with van der Waals surface area (Å²) in [5.41, 5.74) is 7.43. The third-order valence-corrected chi connectivity index (χ3v) is 3.11. The van der Waals surface area contributed by atoms with E-state index in [1.165, 1.54) is 6.07 Å². The van der Waals surface area contributed by atoms with Crippen LogP contribution in [-0.4, -0.2) is 37.4 Å². The third-order valence-electron chi connectivity index (χ3n) is 3.11. The van der Waals surface area contributed by atoms with E-state index in [1.54, 1.807) is 12.1 Å². The van der Waals surface area contributed by atoms with Gasteiger partial charge in [0.2, 0.25) is 0 Å². The van der Waals surface area contributed by atoms with Crippen molar-refractivity contribution >= 4 is 17.3 Å². The lowest BCUT2D eigenvalue weighted by Crippen LogP contribution is -2.32. The van der Waals surface area contributed by atoms with Gasteiger partial charge in [-0.25, -0.2) is 4.79 Å². The number of rotatable bonds is 3. The highest BCUT2D eigenvalue weighted by atomic mass is 16.5. The number of carboxylic acid groups (broad SMARTS) is 1. The maximum Gasteiger partial charge on any atom is 0.335 e. The molecule has 0 aromatic heterocycles. The minimum atomic E-state index is -0.963. The van der Waals surface area contributed by atoms with Crippen LogP contribution in [-0.2, 0) is 4.74 Å². The van der Waals surface area contributed by atoms with Crippen LogP contribution >= 0.6 is 0 Å². The van der Waals surface area contributed by atoms with Gasteiger partial charge in [0.15, 0.2) is 0 Å². The Balaban J connectivity index is 2.23. The number of hydrogen-bond acceptors (Lipinski definition) is 4. The van der Waals surface area contributed by atoms with E-state index in [9.17, 15) is 4.79 Å². The fourth-order valence-corrected chi connectivity index (χ4v) is 2.03. The van der Waals surface area contributed by atoms with E-state index in [-0.39, 0.29) is 5.56 Å². The Morgan fingerprint density at radius 1 is 1.59 bits per heavy atom. The Labute approximate surface area is 99.8 Å². The lowest BCUT2D eigenvalue weighted by atomic mass is 10.1. The Kier molecular flexibility index (Phi) is 3.19. The molecule has 0 amide bonds. The molecule has 0 spiro atoms. The van der Waals surface area contributed by atoms with Crippen LogP contribution in [0.15, 0.2) is 18.2 Å². The zero-order chi connectivity index (χ0) is 12.4. The van der Waals surface area contributed by atoms with E-state index in [0.29, 0.717) is 18.3 Å². The van der Waals surface area contributed by atoms with Gasteiger partial charge in [-0.3, -0.25) is 0 Å². The first-order valence-electron chi connectivity index (χ1n) is 5.53. The number of nitrogens with two attached hydrogens (primary N) is 1. The molecule has 0 saturated carbocycles. The molecular formula is C12H16N2O3. The topological polar surface area (TPSA) is 75.8 Å². The second kappa shape index (κ2) is 4.63. The lowest BCUT2D eigenvalue weighted by molar-refractivity contribution is 0.0697. The maximum absolute atomic E-state index is 10.8. The summed E-state index contributed by atoms with van der Waals surface area (Å²) < 4.78 is 5.32. The summed E-state index contributed by atoms with van der Waals surface area (Å²) in [7, 11) is 1.95. The van der Waals surface area contributed by atoms with Crippen molar-refractivity contribution < 1.29 is 14.6 Å². The number of anilines is 2. The third kappa shape index (κ3) is 2.34. The van der Waals surface area contributed by atoms with E-state index in [2.05, 4.69) is 0 Å². The number of hydrogen-bond donors (Lipinski definition) is 2. The van der Waals surface area contributed by atoms with E-state index < -0.39 is 5.97 Å². The summed E-state index contributed by atoms with van der Waals surface area (Å²) in [5, 5.41) is 8.86. The highest BCUT2D eigenvalue weighted by molar-refractivity contribution is 5.90. The smallest absolute Gasteiger partial charge is 0.335 e. The second-order valence-corrected chi connectivity index (χ2v) is 4.21. The molecule has 1 heterocycles. The van der Waals surface area contributed by atoms with Crippen LogP contribution in [0.2, 0.25) is 0 Å². The van der Waals surface area contributed by atoms with Crippen LogP contribution in [0.25, 0.3) is 0 Å². The average Bonchev–Trinajstić information content (AvgIpc) is 2.81. The molecule has 1 fully saturated rings. The molecule has 1 aromatic rings. The number of benzene rings is 1. The molecule has 0 aliphatic carbocycles. The molecule has 5 heteroatoms. The number of nitrogen functional groups attached to an aromatic ring is 1. The highest BCUT2D eigenvalue weighted by Crippen LogP contribution is 2.27. The Morgan fingerprint density at radius 2 is 2.35 bits per heavy atom. The van der Waals surface area contributed by atoms with Crippen LogP contribution in [0.3, 0.4) is 0 Å². The zero-order valence-electron chi connectivity index (χ0n) is 9.72. The number of nitrogens with zero attached hydrogens (tertiary/aromatic N) is 1. The Bertz CT molecular complexity index is 428. The highest BCUT2D eigenvalue weighted by Gasteiger charge is 2.22. The predicted molar refractivity (Wildman–Crippen MR) is 65.4 cm³/mol. The molecule has 1 saturated heterocycles. The molecule has 92 valence electrons. The van der Waals surface area contributed by atoms with E-state index in [1.807, 2.05) is 11.9 Å². The first kappa shape index (κ1) is 11.7. The first-order chi connectivity index (χ1) is 8.09. The van der Waals surface area contributed by atoms with Gasteiger partial charge >= 0.3 is 5.97 Å². The predicted octanol–water partition coefficient (Wildman–Crippen LogP) is 1.19. The van der Waals surface area contributed by atoms with Crippen molar-refractivity contribution in [3.05, 3.63) is 23.8 Å². The lowest BCUT2D eigenvalue weighted by Gasteiger charge is -2.26. The SMILES string of the molecule is CN(c1ccc(C(=O)O)cc1N)C1CCOC1. The van der Waals surface area contributed by atoms with E-state index in [4.69, 9.17) is 15.6 Å². The van der Waals surface area contributed by atoms with Crippen molar-refractivity contribution in [1.29, 1.82) is 0 Å². The molecule has 1 atom stereocenters. The molecule has 1 aromatic carbocycles. The summed E-state index contributed by atoms with van der Waals surface area (Å²) >= 11 is 0. The van der Waals surface area contributed by atoms with Crippen LogP contribution in [0, 0.1) is 0 Å². The molecular weight excluding hydrogens is 220 g/mol. The second-order valence-electron chi connectivity index (χ2n) is 4.21. The van der Waals surface area contributed by atoms with Crippen molar-refractivity contribution in [2.75, 3.05) is 30.9 Å². The van der Waals surface area contributed by atoms with Gasteiger partial charge in [0.25, 0.3) is 0 Å². The van der Waals surface area contributed by atoms with Gasteiger partial charge < -0.3 is 20.5 Å². The maximum atomic E-state index is 10.8. The summed E-state index contributed by atoms with van der Waals surface area (Å²) in [6.45, 7) is 1.46. The van der Waals surface area contributed by atoms with E-state index in [0.717, 1.165) is 18.7 Å². The van der Waals surface area contributed by atoms with Gasteiger partial charge in [0, 0.05) is 13.7 Å². The molecule has 0 bridgehead atoms. The molecule has 1 aliphatic heterocycles. The van der Waals surface area contributed by atoms with Crippen LogP contribution < -0.4 is 10.6 Å². The summed E-state index contributed by atoms with van der Waals surface area (Å²) in [6.07, 6.45) is 0.969. The number of carboxylic acids is 1. The van der Waals surface area contributed by atoms with Crippen LogP contribution in [0.1, 0.15) is 16.8 Å². The summed E-state index contributed by atoms with van der Waals surface area (Å²) in [4.78, 5) is 12.9. The number of carbonyl (C=O) groups is 1. The minimum Gasteiger partial charge on any atom is -0.478 e. The van der Waals surface area contributed by atoms with Gasteiger partial charge in [0.05, 0.1) is 29.6 Å². The Morgan fingerprint density at radius 3 is 2.88 bits per heavy atom. The van der Waals surface area contributed by atoms with Gasteiger partial charge in [-0.05, 0) is 24.6 Å². The van der Waals surface area contributed by atoms with Crippen molar-refractivity contribution in [2.24, 2.45) is 0 Å². The first-order valence-corrected chi connectivity index (χ1v) is 5.53. The fraction of sp³-hybridized carbons (Fsp3) is 0.417. The van der Waals surface area contributed by atoms with Gasteiger partial charge in [-0.1, -0.05) is 0 Å². The van der Waals surface area contributed by atoms with Crippen molar-refractivity contribution in [1.82, 2.24) is 0 Å². The van der Waals surface area contributed by atoms with Crippen LogP contribution in [0.5, 0.6) is 0 Å². The average molecular weight is 236 g/mol. The molecule has 5 nitrogen and oxygen atoms in total. The summed E-state index contributed by atoms with van der Waals surface area (Å²) in [6, 6.07) is 5.12. The number of aromatic carboxylic acids is 1. The standard InChI is InChI=1S/C12H16N2O3/c1-14(9-4-5-17-7-9)11-3-2-8(12(15)16)6-10(11)13/h2-3,6,9H,4-5,7,13H2,1H3,(H,15,16). The normalized spacial score (nSPS) is 19.2. The Hall–Kier alpha value is -1.75. The fourth-order valence-electron chi connectivity index (χ4n) is 2.03. The molecule has 1 unspecified atom stereocenters. The number of likely N-dealkylation sites (N-methyl/N-ethyl adjacent to an activating group) is 1. The van der Waals surface area contributed by atoms with Crippen molar-refractivity contribution in [2.45, 2.75) is 12.5 Å². The van der Waals surface area contributed by atoms with Gasteiger partial charge in [-0.2, -0.15) is 0 Å². The quantitative estimate of drug-likeness (QED) is 0.771. The summed E-state index contributed by atoms with van der Waals surface area (Å²) in [5.74, 6) is -0.963. The van der Waals surface area contributed by atoms with Gasteiger partial charge in [0.1, 0.15) is 0 Å². The molecule has 17 heavy (non-hydrogen) atoms. The molecule has 1 aliphatic rings. The molecule has 0 radical (unpaired) electrons. The van der Waals surface area contributed by atoms with Gasteiger partial charge in [-0.15, -0.1) is 0 Å². The minimum absolute atomic E-state index is 0.210. The largest absolute Gasteiger partial charge is 0.478 e. The zero-order valence-corrected chi connectivity index (χ0v) is 9.72. The monoisotopic (exact) mass is 236 g/mol. The van der Waals surface area contributed by atoms with Crippen LogP contribution in [0.4, 0.5) is 11.4 Å².